The van der Waals surface area contributed by atoms with E-state index < -0.39 is 0 Å². The topological polar surface area (TPSA) is 21.3 Å². The smallest absolute Gasteiger partial charge is 0.0757 e. The van der Waals surface area contributed by atoms with Crippen LogP contribution in [0.4, 0.5) is 0 Å². The van der Waals surface area contributed by atoms with Gasteiger partial charge in [-0.15, -0.1) is 0 Å². The average molecular weight is 271 g/mol. The quantitative estimate of drug-likeness (QED) is 0.906. The molecule has 20 heavy (non-hydrogen) atoms. The van der Waals surface area contributed by atoms with Crippen molar-refractivity contribution in [3.05, 3.63) is 35.4 Å². The average Bonchev–Trinajstić information content (AvgIpc) is 3.15. The van der Waals surface area contributed by atoms with Gasteiger partial charge in [0.25, 0.3) is 0 Å². The number of hydrogen-bond donors (Lipinski definition) is 1. The Morgan fingerprint density at radius 1 is 1.05 bits per heavy atom. The van der Waals surface area contributed by atoms with E-state index in [1.54, 1.807) is 0 Å². The Balaban J connectivity index is 1.29. The van der Waals surface area contributed by atoms with Crippen LogP contribution in [0.1, 0.15) is 49.1 Å². The van der Waals surface area contributed by atoms with Crippen LogP contribution in [0.2, 0.25) is 0 Å². The standard InChI is InChI=1S/C18H25NO/c1-12-2-4-13(5-3-12)15-10-16(11-15)19-17-8-9-20-18(17)14-6-7-14/h2-5,14-19H,6-11H2,1H3. The van der Waals surface area contributed by atoms with Crippen LogP contribution in [0, 0.1) is 12.8 Å². The van der Waals surface area contributed by atoms with E-state index in [-0.39, 0.29) is 0 Å². The summed E-state index contributed by atoms with van der Waals surface area (Å²) in [5, 5.41) is 3.87. The molecule has 3 fully saturated rings. The molecular weight excluding hydrogens is 246 g/mol. The minimum absolute atomic E-state index is 0.522. The molecule has 108 valence electrons. The molecule has 3 aliphatic rings. The zero-order chi connectivity index (χ0) is 13.5. The number of nitrogens with one attached hydrogen (secondary N) is 1. The van der Waals surface area contributed by atoms with Gasteiger partial charge in [-0.2, -0.15) is 0 Å². The van der Waals surface area contributed by atoms with Crippen LogP contribution < -0.4 is 5.32 Å². The van der Waals surface area contributed by atoms with Crippen molar-refractivity contribution in [1.82, 2.24) is 5.32 Å². The van der Waals surface area contributed by atoms with Gasteiger partial charge in [-0.05, 0) is 56.4 Å². The van der Waals surface area contributed by atoms with Gasteiger partial charge in [0, 0.05) is 18.7 Å². The Morgan fingerprint density at radius 2 is 1.80 bits per heavy atom. The largest absolute Gasteiger partial charge is 0.376 e. The Bertz CT molecular complexity index is 459. The highest BCUT2D eigenvalue weighted by atomic mass is 16.5. The third-order valence-electron chi connectivity index (χ3n) is 5.36. The summed E-state index contributed by atoms with van der Waals surface area (Å²) in [6.07, 6.45) is 7.12. The summed E-state index contributed by atoms with van der Waals surface area (Å²) < 4.78 is 5.92. The molecule has 0 bridgehead atoms. The van der Waals surface area contributed by atoms with Gasteiger partial charge >= 0.3 is 0 Å². The van der Waals surface area contributed by atoms with Gasteiger partial charge in [0.1, 0.15) is 0 Å². The van der Waals surface area contributed by atoms with E-state index in [2.05, 4.69) is 36.5 Å². The summed E-state index contributed by atoms with van der Waals surface area (Å²) in [4.78, 5) is 0. The zero-order valence-electron chi connectivity index (χ0n) is 12.3. The van der Waals surface area contributed by atoms with Crippen molar-refractivity contribution in [3.8, 4) is 0 Å². The molecule has 1 aromatic rings. The fraction of sp³-hybridized carbons (Fsp3) is 0.667. The first-order valence-electron chi connectivity index (χ1n) is 8.24. The summed E-state index contributed by atoms with van der Waals surface area (Å²) in [5.41, 5.74) is 2.88. The molecule has 2 heteroatoms. The van der Waals surface area contributed by atoms with Crippen LogP contribution in [0.15, 0.2) is 24.3 Å². The first-order chi connectivity index (χ1) is 9.79. The first kappa shape index (κ1) is 12.8. The molecule has 1 aliphatic heterocycles. The predicted octanol–water partition coefficient (Wildman–Crippen LogP) is 3.40. The highest BCUT2D eigenvalue weighted by Crippen LogP contribution is 2.41. The maximum absolute atomic E-state index is 5.92. The molecule has 0 radical (unpaired) electrons. The molecule has 2 saturated carbocycles. The Hall–Kier alpha value is -0.860. The molecule has 2 aliphatic carbocycles. The highest BCUT2D eigenvalue weighted by molar-refractivity contribution is 5.26. The lowest BCUT2D eigenvalue weighted by molar-refractivity contribution is 0.0749. The van der Waals surface area contributed by atoms with Crippen molar-refractivity contribution >= 4 is 0 Å². The molecule has 0 aromatic heterocycles. The summed E-state index contributed by atoms with van der Waals surface area (Å²) >= 11 is 0. The van der Waals surface area contributed by atoms with E-state index in [9.17, 15) is 0 Å². The molecule has 1 saturated heterocycles. The van der Waals surface area contributed by atoms with E-state index in [0.717, 1.165) is 18.4 Å². The van der Waals surface area contributed by atoms with E-state index in [0.29, 0.717) is 18.2 Å². The molecule has 1 N–H and O–H groups in total. The van der Waals surface area contributed by atoms with Gasteiger partial charge in [-0.25, -0.2) is 0 Å². The van der Waals surface area contributed by atoms with Crippen LogP contribution >= 0.6 is 0 Å². The molecular formula is C18H25NO. The monoisotopic (exact) mass is 271 g/mol. The number of aryl methyl sites for hydroxylation is 1. The fourth-order valence-electron chi connectivity index (χ4n) is 3.85. The SMILES string of the molecule is Cc1ccc(C2CC(NC3CCOC3C3CC3)C2)cc1. The summed E-state index contributed by atoms with van der Waals surface area (Å²) in [6, 6.07) is 10.4. The lowest BCUT2D eigenvalue weighted by atomic mass is 9.75. The second kappa shape index (κ2) is 5.16. The van der Waals surface area contributed by atoms with Crippen molar-refractivity contribution in [2.75, 3.05) is 6.61 Å². The van der Waals surface area contributed by atoms with Crippen LogP contribution in [0.3, 0.4) is 0 Å². The maximum atomic E-state index is 5.92. The number of benzene rings is 1. The first-order valence-corrected chi connectivity index (χ1v) is 8.24. The van der Waals surface area contributed by atoms with Crippen molar-refractivity contribution in [2.24, 2.45) is 5.92 Å². The maximum Gasteiger partial charge on any atom is 0.0757 e. The molecule has 4 rings (SSSR count). The van der Waals surface area contributed by atoms with Gasteiger partial charge in [0.15, 0.2) is 0 Å². The summed E-state index contributed by atoms with van der Waals surface area (Å²) in [5.74, 6) is 1.64. The van der Waals surface area contributed by atoms with Crippen molar-refractivity contribution in [1.29, 1.82) is 0 Å². The van der Waals surface area contributed by atoms with Crippen LogP contribution in [-0.4, -0.2) is 24.8 Å². The second-order valence-electron chi connectivity index (χ2n) is 7.01. The van der Waals surface area contributed by atoms with Crippen LogP contribution in [0.5, 0.6) is 0 Å². The second-order valence-corrected chi connectivity index (χ2v) is 7.01. The fourth-order valence-corrected chi connectivity index (χ4v) is 3.85. The third-order valence-corrected chi connectivity index (χ3v) is 5.36. The number of ether oxygens (including phenoxy) is 1. The highest BCUT2D eigenvalue weighted by Gasteiger charge is 2.42. The van der Waals surface area contributed by atoms with Crippen molar-refractivity contribution in [3.63, 3.8) is 0 Å². The lowest BCUT2D eigenvalue weighted by Gasteiger charge is -2.39. The van der Waals surface area contributed by atoms with Gasteiger partial charge in [-0.3, -0.25) is 0 Å². The van der Waals surface area contributed by atoms with Crippen molar-refractivity contribution < 1.29 is 4.74 Å². The normalized spacial score (nSPS) is 36.9. The third kappa shape index (κ3) is 2.51. The molecule has 2 unspecified atom stereocenters. The summed E-state index contributed by atoms with van der Waals surface area (Å²) in [6.45, 7) is 3.12. The zero-order valence-corrected chi connectivity index (χ0v) is 12.3. The minimum atomic E-state index is 0.522. The summed E-state index contributed by atoms with van der Waals surface area (Å²) in [7, 11) is 0. The van der Waals surface area contributed by atoms with Crippen LogP contribution in [-0.2, 0) is 4.74 Å². The molecule has 1 aromatic carbocycles. The van der Waals surface area contributed by atoms with Gasteiger partial charge in [0.2, 0.25) is 0 Å². The molecule has 1 heterocycles. The minimum Gasteiger partial charge on any atom is -0.376 e. The van der Waals surface area contributed by atoms with E-state index in [1.165, 1.54) is 43.2 Å². The molecule has 2 atom stereocenters. The lowest BCUT2D eigenvalue weighted by Crippen LogP contribution is -2.49. The Kier molecular flexibility index (Phi) is 3.31. The van der Waals surface area contributed by atoms with Crippen LogP contribution in [0.25, 0.3) is 0 Å². The number of hydrogen-bond acceptors (Lipinski definition) is 2. The molecule has 0 spiro atoms. The van der Waals surface area contributed by atoms with E-state index >= 15 is 0 Å². The van der Waals surface area contributed by atoms with E-state index in [1.807, 2.05) is 0 Å². The van der Waals surface area contributed by atoms with Gasteiger partial charge in [0.05, 0.1) is 6.10 Å². The van der Waals surface area contributed by atoms with Gasteiger partial charge < -0.3 is 10.1 Å². The van der Waals surface area contributed by atoms with Crippen molar-refractivity contribution in [2.45, 2.75) is 63.1 Å². The number of rotatable bonds is 4. The van der Waals surface area contributed by atoms with E-state index in [4.69, 9.17) is 4.74 Å². The predicted molar refractivity (Wildman–Crippen MR) is 80.9 cm³/mol. The molecule has 0 amide bonds. The Morgan fingerprint density at radius 3 is 2.50 bits per heavy atom. The van der Waals surface area contributed by atoms with Gasteiger partial charge in [-0.1, -0.05) is 29.8 Å². The molecule has 2 nitrogen and oxygen atoms in total. The Labute approximate surface area is 121 Å².